The molecular formula is C56H109NO10. The van der Waals surface area contributed by atoms with E-state index in [9.17, 15) is 40.5 Å². The Kier molecular flexibility index (Phi) is 43.8. The van der Waals surface area contributed by atoms with E-state index in [2.05, 4.69) is 31.3 Å². The summed E-state index contributed by atoms with van der Waals surface area (Å²) < 4.78 is 11.1. The van der Waals surface area contributed by atoms with Gasteiger partial charge >= 0.3 is 0 Å². The highest BCUT2D eigenvalue weighted by atomic mass is 16.7. The molecule has 1 aliphatic rings. The Hall–Kier alpha value is -1.15. The minimum Gasteiger partial charge on any atom is -0.394 e. The maximum Gasteiger partial charge on any atom is 0.249 e. The molecule has 1 saturated heterocycles. The van der Waals surface area contributed by atoms with E-state index in [0.717, 1.165) is 38.5 Å². The number of aliphatic hydroxyl groups excluding tert-OH is 7. The molecule has 1 aliphatic heterocycles. The summed E-state index contributed by atoms with van der Waals surface area (Å²) in [5.74, 6) is -0.706. The van der Waals surface area contributed by atoms with Crippen LogP contribution in [0.2, 0.25) is 0 Å². The molecule has 11 heteroatoms. The van der Waals surface area contributed by atoms with Gasteiger partial charge in [0, 0.05) is 0 Å². The van der Waals surface area contributed by atoms with Gasteiger partial charge in [-0.1, -0.05) is 244 Å². The van der Waals surface area contributed by atoms with Gasteiger partial charge in [-0.3, -0.25) is 4.79 Å². The number of rotatable bonds is 49. The fourth-order valence-corrected chi connectivity index (χ4v) is 9.39. The molecule has 398 valence electrons. The van der Waals surface area contributed by atoms with E-state index >= 15 is 0 Å². The maximum absolute atomic E-state index is 13.1. The smallest absolute Gasteiger partial charge is 0.249 e. The summed E-state index contributed by atoms with van der Waals surface area (Å²) in [6.07, 6.45) is 41.8. The first-order chi connectivity index (χ1) is 32.7. The highest BCUT2D eigenvalue weighted by Gasteiger charge is 2.44. The van der Waals surface area contributed by atoms with Crippen molar-refractivity contribution in [1.82, 2.24) is 5.32 Å². The van der Waals surface area contributed by atoms with Gasteiger partial charge in [0.1, 0.15) is 36.6 Å². The van der Waals surface area contributed by atoms with Gasteiger partial charge in [0.15, 0.2) is 6.29 Å². The third-order valence-corrected chi connectivity index (χ3v) is 14.1. The van der Waals surface area contributed by atoms with E-state index in [0.29, 0.717) is 12.8 Å². The van der Waals surface area contributed by atoms with Crippen molar-refractivity contribution in [1.29, 1.82) is 0 Å². The first kappa shape index (κ1) is 63.9. The lowest BCUT2D eigenvalue weighted by Gasteiger charge is -2.40. The van der Waals surface area contributed by atoms with Crippen LogP contribution in [0, 0.1) is 0 Å². The number of allylic oxidation sites excluding steroid dienone is 2. The molecule has 67 heavy (non-hydrogen) atoms. The summed E-state index contributed by atoms with van der Waals surface area (Å²) in [7, 11) is 0. The summed E-state index contributed by atoms with van der Waals surface area (Å²) >= 11 is 0. The van der Waals surface area contributed by atoms with Crippen LogP contribution < -0.4 is 5.32 Å². The molecule has 0 aliphatic carbocycles. The number of nitrogens with one attached hydrogen (secondary N) is 1. The normalized spacial score (nSPS) is 20.6. The minimum atomic E-state index is -1.66. The van der Waals surface area contributed by atoms with Crippen LogP contribution in [-0.4, -0.2) is 110 Å². The van der Waals surface area contributed by atoms with Crippen molar-refractivity contribution >= 4 is 5.91 Å². The van der Waals surface area contributed by atoms with Crippen molar-refractivity contribution in [2.75, 3.05) is 13.2 Å². The number of carbonyl (C=O) groups excluding carboxylic acids is 1. The van der Waals surface area contributed by atoms with Crippen molar-refractivity contribution in [3.05, 3.63) is 12.2 Å². The number of aliphatic hydroxyl groups is 7. The summed E-state index contributed by atoms with van der Waals surface area (Å²) in [5, 5.41) is 75.7. The fraction of sp³-hybridized carbons (Fsp3) is 0.946. The van der Waals surface area contributed by atoms with Crippen molar-refractivity contribution in [3.63, 3.8) is 0 Å². The van der Waals surface area contributed by atoms with Gasteiger partial charge in [0.25, 0.3) is 0 Å². The highest BCUT2D eigenvalue weighted by Crippen LogP contribution is 2.23. The Morgan fingerprint density at radius 2 is 0.881 bits per heavy atom. The lowest BCUT2D eigenvalue weighted by Crippen LogP contribution is -2.60. The monoisotopic (exact) mass is 956 g/mol. The van der Waals surface area contributed by atoms with Crippen LogP contribution in [0.3, 0.4) is 0 Å². The van der Waals surface area contributed by atoms with E-state index in [1.165, 1.54) is 193 Å². The predicted molar refractivity (Wildman–Crippen MR) is 275 cm³/mol. The van der Waals surface area contributed by atoms with Crippen LogP contribution in [0.5, 0.6) is 0 Å². The van der Waals surface area contributed by atoms with E-state index in [1.807, 2.05) is 0 Å². The predicted octanol–water partition coefficient (Wildman–Crippen LogP) is 11.6. The van der Waals surface area contributed by atoms with Crippen molar-refractivity contribution in [2.45, 2.75) is 326 Å². The van der Waals surface area contributed by atoms with E-state index in [1.54, 1.807) is 0 Å². The average molecular weight is 956 g/mol. The molecule has 0 radical (unpaired) electrons. The Morgan fingerprint density at radius 3 is 1.28 bits per heavy atom. The molecule has 8 N–H and O–H groups in total. The van der Waals surface area contributed by atoms with E-state index in [-0.39, 0.29) is 12.8 Å². The highest BCUT2D eigenvalue weighted by molar-refractivity contribution is 5.80. The first-order valence-electron chi connectivity index (χ1n) is 28.6. The second-order valence-corrected chi connectivity index (χ2v) is 20.4. The second-order valence-electron chi connectivity index (χ2n) is 20.4. The van der Waals surface area contributed by atoms with Gasteiger partial charge in [0.05, 0.1) is 25.4 Å². The third-order valence-electron chi connectivity index (χ3n) is 14.1. The average Bonchev–Trinajstić information content (AvgIpc) is 3.33. The zero-order valence-electron chi connectivity index (χ0n) is 43.4. The van der Waals surface area contributed by atoms with Gasteiger partial charge in [-0.05, 0) is 38.5 Å². The van der Waals surface area contributed by atoms with Crippen molar-refractivity contribution < 1.29 is 50.0 Å². The van der Waals surface area contributed by atoms with Crippen LogP contribution in [0.4, 0.5) is 0 Å². The molecule has 1 heterocycles. The number of amides is 1. The SMILES string of the molecule is CCCCCCCCCCCCCCCCCCCCCCCCCCCC/C=C/CCCC(O)C(O)C(COC1OC(CO)C(O)C(O)C1O)NC(=O)C(O)CCCCCCCCCCC. The van der Waals surface area contributed by atoms with E-state index < -0.39 is 74.2 Å². The van der Waals surface area contributed by atoms with Crippen LogP contribution in [0.15, 0.2) is 12.2 Å². The summed E-state index contributed by atoms with van der Waals surface area (Å²) in [5.41, 5.74) is 0. The van der Waals surface area contributed by atoms with Gasteiger partial charge in [-0.2, -0.15) is 0 Å². The van der Waals surface area contributed by atoms with Gasteiger partial charge in [-0.25, -0.2) is 0 Å². The van der Waals surface area contributed by atoms with Crippen LogP contribution >= 0.6 is 0 Å². The molecule has 11 nitrogen and oxygen atoms in total. The second kappa shape index (κ2) is 46.0. The number of unbranched alkanes of at least 4 members (excludes halogenated alkanes) is 35. The van der Waals surface area contributed by atoms with Crippen molar-refractivity contribution in [2.24, 2.45) is 0 Å². The largest absolute Gasteiger partial charge is 0.394 e. The van der Waals surface area contributed by atoms with E-state index in [4.69, 9.17) is 9.47 Å². The summed E-state index contributed by atoms with van der Waals surface area (Å²) in [4.78, 5) is 13.1. The molecule has 0 bridgehead atoms. The Labute approximate surface area is 411 Å². The number of hydrogen-bond donors (Lipinski definition) is 8. The Balaban J connectivity index is 2.19. The number of carbonyl (C=O) groups is 1. The molecule has 1 rings (SSSR count). The van der Waals surface area contributed by atoms with Crippen LogP contribution in [0.25, 0.3) is 0 Å². The molecule has 1 fully saturated rings. The maximum atomic E-state index is 13.1. The lowest BCUT2D eigenvalue weighted by molar-refractivity contribution is -0.303. The molecular weight excluding hydrogens is 847 g/mol. The summed E-state index contributed by atoms with van der Waals surface area (Å²) in [6, 6.07) is -1.18. The topological polar surface area (TPSA) is 189 Å². The molecule has 0 saturated carbocycles. The third kappa shape index (κ3) is 34.8. The molecule has 9 atom stereocenters. The van der Waals surface area contributed by atoms with Crippen LogP contribution in [0.1, 0.15) is 271 Å². The van der Waals surface area contributed by atoms with Crippen molar-refractivity contribution in [3.8, 4) is 0 Å². The molecule has 0 aromatic heterocycles. The quantitative estimate of drug-likeness (QED) is 0.0215. The molecule has 0 spiro atoms. The van der Waals surface area contributed by atoms with Gasteiger partial charge in [0.2, 0.25) is 5.91 Å². The fourth-order valence-electron chi connectivity index (χ4n) is 9.39. The Bertz CT molecular complexity index is 1100. The van der Waals surface area contributed by atoms with Gasteiger partial charge < -0.3 is 50.5 Å². The number of ether oxygens (including phenoxy) is 2. The molecule has 0 aromatic rings. The standard InChI is InChI=1S/C56H109NO10/c1-3-5-7-9-11-13-14-15-16-17-18-19-20-21-22-23-24-25-26-27-28-29-30-31-32-33-34-36-37-39-41-43-48(59)51(61)47(46-66-56-54(64)53(63)52(62)50(45-58)67-56)57-55(65)49(60)44-42-40-38-35-12-10-8-6-4-2/h36-37,47-54,56,58-64H,3-35,38-46H2,1-2H3,(H,57,65)/b37-36+. The first-order valence-corrected chi connectivity index (χ1v) is 28.6. The number of hydrogen-bond acceptors (Lipinski definition) is 10. The molecule has 1 amide bonds. The summed E-state index contributed by atoms with van der Waals surface area (Å²) in [6.45, 7) is 3.42. The zero-order chi connectivity index (χ0) is 49.0. The Morgan fingerprint density at radius 1 is 0.507 bits per heavy atom. The zero-order valence-corrected chi connectivity index (χ0v) is 43.4. The van der Waals surface area contributed by atoms with Crippen LogP contribution in [-0.2, 0) is 14.3 Å². The minimum absolute atomic E-state index is 0.257. The lowest BCUT2D eigenvalue weighted by atomic mass is 9.98. The molecule has 9 unspecified atom stereocenters. The van der Waals surface area contributed by atoms with Gasteiger partial charge in [-0.15, -0.1) is 0 Å². The molecule has 0 aromatic carbocycles.